The Morgan fingerprint density at radius 3 is 2.52 bits per heavy atom. The Balaban J connectivity index is 1.74. The van der Waals surface area contributed by atoms with Crippen molar-refractivity contribution >= 4 is 45.8 Å². The minimum Gasteiger partial charge on any atom is -0.414 e. The van der Waals surface area contributed by atoms with Crippen LogP contribution in [0.2, 0.25) is 5.02 Å². The van der Waals surface area contributed by atoms with Crippen molar-refractivity contribution in [2.45, 2.75) is 0 Å². The summed E-state index contributed by atoms with van der Waals surface area (Å²) >= 11 is 9.26. The molecule has 5 heteroatoms. The summed E-state index contributed by atoms with van der Waals surface area (Å²) < 4.78 is 6.03. The third kappa shape index (κ3) is 4.18. The number of benzene rings is 2. The zero-order valence-corrected chi connectivity index (χ0v) is 14.3. The van der Waals surface area contributed by atoms with E-state index in [1.165, 1.54) is 0 Å². The third-order valence-corrected chi connectivity index (χ3v) is 3.84. The van der Waals surface area contributed by atoms with Crippen LogP contribution in [-0.2, 0) is 0 Å². The molecule has 3 aromatic rings. The van der Waals surface area contributed by atoms with E-state index < -0.39 is 0 Å². The molecule has 0 aliphatic carbocycles. The topological polar surface area (TPSA) is 38.4 Å². The van der Waals surface area contributed by atoms with Crippen molar-refractivity contribution in [3.63, 3.8) is 0 Å². The molecule has 0 N–H and O–H groups in total. The molecule has 0 unspecified atom stereocenters. The average molecular weight is 388 g/mol. The van der Waals surface area contributed by atoms with Gasteiger partial charge in [-0.3, -0.25) is 0 Å². The molecule has 0 saturated carbocycles. The molecule has 0 radical (unpaired) electrons. The van der Waals surface area contributed by atoms with Crippen molar-refractivity contribution < 1.29 is 4.42 Å². The Labute approximate surface area is 147 Å². The highest BCUT2D eigenvalue weighted by atomic mass is 79.9. The molecule has 0 atom stereocenters. The predicted molar refractivity (Wildman–Crippen MR) is 98.3 cm³/mol. The number of hydrogen-bond acceptors (Lipinski definition) is 3. The molecular formula is C18H12BrClN2O. The van der Waals surface area contributed by atoms with E-state index in [2.05, 4.69) is 25.9 Å². The number of nitrogens with zero attached hydrogens (tertiary/aromatic N) is 2. The van der Waals surface area contributed by atoms with Gasteiger partial charge in [0, 0.05) is 16.8 Å². The van der Waals surface area contributed by atoms with Crippen LogP contribution in [0.15, 0.2) is 74.8 Å². The molecule has 0 fully saturated rings. The SMILES string of the molecule is Clc1ccc(-c2nc(/N=C/C=C/c3ccccc3)oc2Br)cc1. The van der Waals surface area contributed by atoms with Crippen molar-refractivity contribution in [2.24, 2.45) is 4.99 Å². The van der Waals surface area contributed by atoms with E-state index in [9.17, 15) is 0 Å². The van der Waals surface area contributed by atoms with Crippen LogP contribution in [0.3, 0.4) is 0 Å². The largest absolute Gasteiger partial charge is 0.414 e. The lowest BCUT2D eigenvalue weighted by molar-refractivity contribution is 0.546. The molecule has 0 bridgehead atoms. The van der Waals surface area contributed by atoms with E-state index in [0.717, 1.165) is 11.1 Å². The molecule has 1 heterocycles. The second-order valence-corrected chi connectivity index (χ2v) is 5.83. The number of oxazole rings is 1. The number of aromatic nitrogens is 1. The highest BCUT2D eigenvalue weighted by molar-refractivity contribution is 9.10. The summed E-state index contributed by atoms with van der Waals surface area (Å²) in [6.07, 6.45) is 5.45. The Morgan fingerprint density at radius 2 is 1.78 bits per heavy atom. The zero-order chi connectivity index (χ0) is 16.1. The Morgan fingerprint density at radius 1 is 1.04 bits per heavy atom. The first-order valence-electron chi connectivity index (χ1n) is 6.90. The highest BCUT2D eigenvalue weighted by Gasteiger charge is 2.11. The Bertz CT molecular complexity index is 839. The summed E-state index contributed by atoms with van der Waals surface area (Å²) in [7, 11) is 0. The summed E-state index contributed by atoms with van der Waals surface area (Å²) in [4.78, 5) is 8.57. The van der Waals surface area contributed by atoms with Gasteiger partial charge in [0.05, 0.1) is 0 Å². The number of hydrogen-bond donors (Lipinski definition) is 0. The van der Waals surface area contributed by atoms with Gasteiger partial charge in [0.15, 0.2) is 4.67 Å². The second-order valence-electron chi connectivity index (χ2n) is 4.67. The van der Waals surface area contributed by atoms with Crippen LogP contribution in [0.1, 0.15) is 5.56 Å². The number of halogens is 2. The van der Waals surface area contributed by atoms with Crippen LogP contribution in [0.5, 0.6) is 0 Å². The lowest BCUT2D eigenvalue weighted by Gasteiger charge is -1.95. The van der Waals surface area contributed by atoms with E-state index in [4.69, 9.17) is 16.0 Å². The van der Waals surface area contributed by atoms with Crippen LogP contribution in [-0.4, -0.2) is 11.2 Å². The van der Waals surface area contributed by atoms with Crippen molar-refractivity contribution in [1.82, 2.24) is 4.98 Å². The fourth-order valence-electron chi connectivity index (χ4n) is 1.96. The molecule has 0 spiro atoms. The normalized spacial score (nSPS) is 11.6. The van der Waals surface area contributed by atoms with Crippen LogP contribution >= 0.6 is 27.5 Å². The van der Waals surface area contributed by atoms with Gasteiger partial charge in [-0.05, 0) is 39.7 Å². The van der Waals surface area contributed by atoms with Gasteiger partial charge in [-0.25, -0.2) is 4.99 Å². The number of allylic oxidation sites excluding steroid dienone is 1. The highest BCUT2D eigenvalue weighted by Crippen LogP contribution is 2.32. The number of aliphatic imine (C=N–C) groups is 1. The lowest BCUT2D eigenvalue weighted by atomic mass is 10.2. The van der Waals surface area contributed by atoms with Gasteiger partial charge in [0.25, 0.3) is 0 Å². The van der Waals surface area contributed by atoms with Gasteiger partial charge in [-0.15, -0.1) is 0 Å². The van der Waals surface area contributed by atoms with Gasteiger partial charge in [-0.1, -0.05) is 60.1 Å². The molecule has 114 valence electrons. The van der Waals surface area contributed by atoms with E-state index >= 15 is 0 Å². The molecule has 3 rings (SSSR count). The van der Waals surface area contributed by atoms with Crippen molar-refractivity contribution in [3.05, 3.63) is 75.9 Å². The van der Waals surface area contributed by atoms with Crippen LogP contribution in [0.4, 0.5) is 6.01 Å². The monoisotopic (exact) mass is 386 g/mol. The van der Waals surface area contributed by atoms with Crippen molar-refractivity contribution in [3.8, 4) is 11.3 Å². The first kappa shape index (κ1) is 15.7. The maximum atomic E-state index is 5.89. The molecular weight excluding hydrogens is 376 g/mol. The Hall–Kier alpha value is -2.17. The molecule has 0 aliphatic rings. The van der Waals surface area contributed by atoms with Gasteiger partial charge in [-0.2, -0.15) is 4.98 Å². The van der Waals surface area contributed by atoms with E-state index in [0.29, 0.717) is 21.4 Å². The molecule has 3 nitrogen and oxygen atoms in total. The molecule has 0 amide bonds. The molecule has 0 saturated heterocycles. The van der Waals surface area contributed by atoms with Crippen LogP contribution in [0.25, 0.3) is 17.3 Å². The van der Waals surface area contributed by atoms with Crippen molar-refractivity contribution in [1.29, 1.82) is 0 Å². The minimum atomic E-state index is 0.291. The summed E-state index contributed by atoms with van der Waals surface area (Å²) in [6.45, 7) is 0. The van der Waals surface area contributed by atoms with E-state index in [1.54, 1.807) is 6.21 Å². The average Bonchev–Trinajstić information content (AvgIpc) is 2.94. The maximum Gasteiger partial charge on any atom is 0.323 e. The molecule has 2 aromatic carbocycles. The quantitative estimate of drug-likeness (QED) is 0.502. The first-order valence-corrected chi connectivity index (χ1v) is 8.07. The van der Waals surface area contributed by atoms with E-state index in [-0.39, 0.29) is 0 Å². The molecule has 0 aliphatic heterocycles. The van der Waals surface area contributed by atoms with Crippen LogP contribution in [0, 0.1) is 0 Å². The van der Waals surface area contributed by atoms with Gasteiger partial charge < -0.3 is 4.42 Å². The Kier molecular flexibility index (Phi) is 5.05. The number of rotatable bonds is 4. The minimum absolute atomic E-state index is 0.291. The van der Waals surface area contributed by atoms with Crippen LogP contribution < -0.4 is 0 Å². The van der Waals surface area contributed by atoms with Gasteiger partial charge in [0.2, 0.25) is 0 Å². The summed E-state index contributed by atoms with van der Waals surface area (Å²) in [5.41, 5.74) is 2.71. The summed E-state index contributed by atoms with van der Waals surface area (Å²) in [5, 5.41) is 0.678. The first-order chi connectivity index (χ1) is 11.2. The fraction of sp³-hybridized carbons (Fsp3) is 0. The summed E-state index contributed by atoms with van der Waals surface area (Å²) in [5.74, 6) is 0. The second kappa shape index (κ2) is 7.40. The summed E-state index contributed by atoms with van der Waals surface area (Å²) in [6, 6.07) is 17.7. The smallest absolute Gasteiger partial charge is 0.323 e. The standard InChI is InChI=1S/C18H12BrClN2O/c19-17-16(14-8-10-15(20)11-9-14)22-18(23-17)21-12-4-7-13-5-2-1-3-6-13/h1-12H/b7-4+,21-12+. The van der Waals surface area contributed by atoms with Gasteiger partial charge >= 0.3 is 6.01 Å². The fourth-order valence-corrected chi connectivity index (χ4v) is 2.55. The maximum absolute atomic E-state index is 5.89. The van der Waals surface area contributed by atoms with Gasteiger partial charge in [0.1, 0.15) is 5.69 Å². The predicted octanol–water partition coefficient (Wildman–Crippen LogP) is 6.17. The molecule has 23 heavy (non-hydrogen) atoms. The third-order valence-electron chi connectivity index (χ3n) is 3.05. The molecule has 1 aromatic heterocycles. The van der Waals surface area contributed by atoms with E-state index in [1.807, 2.05) is 66.7 Å². The van der Waals surface area contributed by atoms with Crippen molar-refractivity contribution in [2.75, 3.05) is 0 Å². The zero-order valence-electron chi connectivity index (χ0n) is 12.0. The lowest BCUT2D eigenvalue weighted by Crippen LogP contribution is -1.77.